The normalized spacial score (nSPS) is 11.1. The van der Waals surface area contributed by atoms with Crippen LogP contribution < -0.4 is 5.32 Å². The van der Waals surface area contributed by atoms with E-state index in [1.165, 1.54) is 17.5 Å². The van der Waals surface area contributed by atoms with Gasteiger partial charge < -0.3 is 10.2 Å². The average Bonchev–Trinajstić information content (AvgIpc) is 2.28. The quantitative estimate of drug-likeness (QED) is 0.778. The van der Waals surface area contributed by atoms with E-state index in [2.05, 4.69) is 65.2 Å². The highest BCUT2D eigenvalue weighted by Gasteiger charge is 2.03. The molecule has 0 saturated carbocycles. The van der Waals surface area contributed by atoms with E-state index in [9.17, 15) is 0 Å². The van der Waals surface area contributed by atoms with Gasteiger partial charge in [-0.15, -0.1) is 0 Å². The molecule has 0 atom stereocenters. The van der Waals surface area contributed by atoms with E-state index < -0.39 is 0 Å². The summed E-state index contributed by atoms with van der Waals surface area (Å²) in [6, 6.07) is 6.50. The van der Waals surface area contributed by atoms with Gasteiger partial charge in [-0.2, -0.15) is 0 Å². The maximum Gasteiger partial charge on any atom is 0.0233 e. The number of hydrogen-bond donors (Lipinski definition) is 1. The van der Waals surface area contributed by atoms with Gasteiger partial charge in [0, 0.05) is 24.1 Å². The van der Waals surface area contributed by atoms with Crippen LogP contribution >= 0.6 is 15.9 Å². The molecule has 1 aromatic carbocycles. The van der Waals surface area contributed by atoms with E-state index in [0.717, 1.165) is 30.7 Å². The standard InChI is InChI=1S/C14H23BrN2/c1-4-7-16-8-9-17(3)11-13-5-6-14(15)10-12(13)2/h5-6,10,16H,4,7-9,11H2,1-3H3. The molecule has 0 aliphatic rings. The topological polar surface area (TPSA) is 15.3 Å². The first-order valence-corrected chi connectivity index (χ1v) is 7.07. The molecule has 0 spiro atoms. The van der Waals surface area contributed by atoms with Crippen molar-refractivity contribution in [1.29, 1.82) is 0 Å². The van der Waals surface area contributed by atoms with Crippen LogP contribution in [0.5, 0.6) is 0 Å². The highest BCUT2D eigenvalue weighted by atomic mass is 79.9. The van der Waals surface area contributed by atoms with Crippen LogP contribution in [0.2, 0.25) is 0 Å². The van der Waals surface area contributed by atoms with Gasteiger partial charge in [0.2, 0.25) is 0 Å². The minimum absolute atomic E-state index is 1.02. The maximum absolute atomic E-state index is 3.50. The molecule has 3 heteroatoms. The largest absolute Gasteiger partial charge is 0.315 e. The van der Waals surface area contributed by atoms with E-state index in [0.29, 0.717) is 0 Å². The fourth-order valence-corrected chi connectivity index (χ4v) is 2.25. The molecule has 0 aliphatic carbocycles. The summed E-state index contributed by atoms with van der Waals surface area (Å²) in [5, 5.41) is 3.43. The Morgan fingerprint density at radius 1 is 1.29 bits per heavy atom. The van der Waals surface area contributed by atoms with Gasteiger partial charge in [0.05, 0.1) is 0 Å². The predicted octanol–water partition coefficient (Wildman–Crippen LogP) is 3.19. The molecule has 0 heterocycles. The van der Waals surface area contributed by atoms with Crippen molar-refractivity contribution in [3.05, 3.63) is 33.8 Å². The lowest BCUT2D eigenvalue weighted by Gasteiger charge is -2.18. The van der Waals surface area contributed by atoms with Crippen molar-refractivity contribution in [2.45, 2.75) is 26.8 Å². The minimum atomic E-state index is 1.02. The highest BCUT2D eigenvalue weighted by molar-refractivity contribution is 9.10. The summed E-state index contributed by atoms with van der Waals surface area (Å²) in [7, 11) is 2.18. The Bertz CT molecular complexity index is 339. The molecule has 17 heavy (non-hydrogen) atoms. The Labute approximate surface area is 114 Å². The summed E-state index contributed by atoms with van der Waals surface area (Å²) >= 11 is 3.50. The van der Waals surface area contributed by atoms with E-state index in [-0.39, 0.29) is 0 Å². The third kappa shape index (κ3) is 5.66. The van der Waals surface area contributed by atoms with Gasteiger partial charge in [0.15, 0.2) is 0 Å². The van der Waals surface area contributed by atoms with Gasteiger partial charge in [-0.3, -0.25) is 0 Å². The molecule has 0 aliphatic heterocycles. The predicted molar refractivity (Wildman–Crippen MR) is 78.4 cm³/mol. The summed E-state index contributed by atoms with van der Waals surface area (Å²) in [6.07, 6.45) is 1.20. The number of halogens is 1. The van der Waals surface area contributed by atoms with Crippen LogP contribution in [0.15, 0.2) is 22.7 Å². The van der Waals surface area contributed by atoms with Gasteiger partial charge in [0.25, 0.3) is 0 Å². The van der Waals surface area contributed by atoms with Crippen molar-refractivity contribution >= 4 is 15.9 Å². The summed E-state index contributed by atoms with van der Waals surface area (Å²) in [6.45, 7) is 8.67. The van der Waals surface area contributed by atoms with Crippen molar-refractivity contribution in [2.75, 3.05) is 26.7 Å². The molecule has 1 aromatic rings. The van der Waals surface area contributed by atoms with Gasteiger partial charge in [-0.25, -0.2) is 0 Å². The van der Waals surface area contributed by atoms with Crippen molar-refractivity contribution in [3.8, 4) is 0 Å². The maximum atomic E-state index is 3.50. The third-order valence-electron chi connectivity index (χ3n) is 2.84. The monoisotopic (exact) mass is 298 g/mol. The summed E-state index contributed by atoms with van der Waals surface area (Å²) in [5.41, 5.74) is 2.76. The van der Waals surface area contributed by atoms with E-state index in [1.807, 2.05) is 0 Å². The Morgan fingerprint density at radius 2 is 2.06 bits per heavy atom. The summed E-state index contributed by atoms with van der Waals surface area (Å²) in [4.78, 5) is 2.36. The van der Waals surface area contributed by atoms with Crippen LogP contribution in [0.25, 0.3) is 0 Å². The summed E-state index contributed by atoms with van der Waals surface area (Å²) in [5.74, 6) is 0. The van der Waals surface area contributed by atoms with E-state index in [4.69, 9.17) is 0 Å². The van der Waals surface area contributed by atoms with Gasteiger partial charge >= 0.3 is 0 Å². The second kappa shape index (κ2) is 7.85. The van der Waals surface area contributed by atoms with Crippen molar-refractivity contribution in [1.82, 2.24) is 10.2 Å². The van der Waals surface area contributed by atoms with Crippen LogP contribution in [0, 0.1) is 6.92 Å². The lowest BCUT2D eigenvalue weighted by molar-refractivity contribution is 0.324. The zero-order valence-electron chi connectivity index (χ0n) is 11.1. The molecule has 0 fully saturated rings. The van der Waals surface area contributed by atoms with E-state index in [1.54, 1.807) is 0 Å². The molecular formula is C14H23BrN2. The van der Waals surface area contributed by atoms with Crippen LogP contribution in [0.3, 0.4) is 0 Å². The molecule has 0 aromatic heterocycles. The fourth-order valence-electron chi connectivity index (χ4n) is 1.78. The first-order chi connectivity index (χ1) is 8.13. The second-order valence-corrected chi connectivity index (χ2v) is 5.47. The number of nitrogens with one attached hydrogen (secondary N) is 1. The Hall–Kier alpha value is -0.380. The number of nitrogens with zero attached hydrogens (tertiary/aromatic N) is 1. The molecule has 1 N–H and O–H groups in total. The lowest BCUT2D eigenvalue weighted by atomic mass is 10.1. The molecule has 0 radical (unpaired) electrons. The zero-order valence-corrected chi connectivity index (χ0v) is 12.7. The van der Waals surface area contributed by atoms with Gasteiger partial charge in [0.1, 0.15) is 0 Å². The van der Waals surface area contributed by atoms with Crippen molar-refractivity contribution in [3.63, 3.8) is 0 Å². The molecule has 96 valence electrons. The Kier molecular flexibility index (Phi) is 6.78. The lowest BCUT2D eigenvalue weighted by Crippen LogP contribution is -2.29. The zero-order chi connectivity index (χ0) is 12.7. The first-order valence-electron chi connectivity index (χ1n) is 6.27. The second-order valence-electron chi connectivity index (χ2n) is 4.56. The van der Waals surface area contributed by atoms with Crippen LogP contribution in [0.4, 0.5) is 0 Å². The van der Waals surface area contributed by atoms with Crippen molar-refractivity contribution in [2.24, 2.45) is 0 Å². The minimum Gasteiger partial charge on any atom is -0.315 e. The highest BCUT2D eigenvalue weighted by Crippen LogP contribution is 2.16. The van der Waals surface area contributed by atoms with Crippen LogP contribution in [-0.2, 0) is 6.54 Å². The molecule has 1 rings (SSSR count). The van der Waals surface area contributed by atoms with Gasteiger partial charge in [-0.1, -0.05) is 28.9 Å². The summed E-state index contributed by atoms with van der Waals surface area (Å²) < 4.78 is 1.16. The smallest absolute Gasteiger partial charge is 0.0233 e. The molecule has 0 saturated heterocycles. The Balaban J connectivity index is 2.37. The number of hydrogen-bond acceptors (Lipinski definition) is 2. The number of benzene rings is 1. The molecular weight excluding hydrogens is 276 g/mol. The van der Waals surface area contributed by atoms with Crippen LogP contribution in [0.1, 0.15) is 24.5 Å². The SMILES string of the molecule is CCCNCCN(C)Cc1ccc(Br)cc1C. The van der Waals surface area contributed by atoms with Crippen molar-refractivity contribution < 1.29 is 0 Å². The number of aryl methyl sites for hydroxylation is 1. The molecule has 2 nitrogen and oxygen atoms in total. The fraction of sp³-hybridized carbons (Fsp3) is 0.571. The number of likely N-dealkylation sites (N-methyl/N-ethyl adjacent to an activating group) is 1. The van der Waals surface area contributed by atoms with E-state index >= 15 is 0 Å². The van der Waals surface area contributed by atoms with Gasteiger partial charge in [-0.05, 0) is 50.2 Å². The Morgan fingerprint density at radius 3 is 2.71 bits per heavy atom. The first kappa shape index (κ1) is 14.7. The third-order valence-corrected chi connectivity index (χ3v) is 3.34. The molecule has 0 unspecified atom stereocenters. The molecule has 0 amide bonds. The average molecular weight is 299 g/mol. The van der Waals surface area contributed by atoms with Crippen LogP contribution in [-0.4, -0.2) is 31.6 Å². The molecule has 0 bridgehead atoms. The number of rotatable bonds is 7.